The third kappa shape index (κ3) is 2.09. The SMILES string of the molecule is c1csc(-c2ccsc2-c2sccc2-c2cccs2)c1. The van der Waals surface area contributed by atoms with Crippen molar-refractivity contribution >= 4 is 45.3 Å². The van der Waals surface area contributed by atoms with Crippen molar-refractivity contribution in [3.8, 4) is 30.6 Å². The van der Waals surface area contributed by atoms with Crippen molar-refractivity contribution in [3.63, 3.8) is 0 Å². The molecule has 0 N–H and O–H groups in total. The first-order chi connectivity index (χ1) is 9.93. The second kappa shape index (κ2) is 5.30. The molecule has 0 aliphatic heterocycles. The van der Waals surface area contributed by atoms with E-state index in [9.17, 15) is 0 Å². The van der Waals surface area contributed by atoms with Gasteiger partial charge in [-0.2, -0.15) is 0 Å². The lowest BCUT2D eigenvalue weighted by Gasteiger charge is -2.03. The first-order valence-electron chi connectivity index (χ1n) is 6.16. The zero-order valence-electron chi connectivity index (χ0n) is 10.4. The summed E-state index contributed by atoms with van der Waals surface area (Å²) in [5, 5.41) is 8.68. The molecule has 0 saturated carbocycles. The molecule has 4 aromatic heterocycles. The zero-order chi connectivity index (χ0) is 13.4. The van der Waals surface area contributed by atoms with E-state index in [1.807, 2.05) is 45.3 Å². The van der Waals surface area contributed by atoms with Gasteiger partial charge in [-0.05, 0) is 45.8 Å². The molecule has 0 radical (unpaired) electrons. The number of hydrogen-bond donors (Lipinski definition) is 0. The largest absolute Gasteiger partial charge is 0.144 e. The Kier molecular flexibility index (Phi) is 3.32. The summed E-state index contributed by atoms with van der Waals surface area (Å²) in [4.78, 5) is 5.50. The minimum atomic E-state index is 1.35. The Balaban J connectivity index is 1.88. The van der Waals surface area contributed by atoms with Crippen LogP contribution in [0, 0.1) is 0 Å². The van der Waals surface area contributed by atoms with Crippen LogP contribution in [-0.4, -0.2) is 0 Å². The van der Waals surface area contributed by atoms with E-state index < -0.39 is 0 Å². The maximum atomic E-state index is 2.24. The fourth-order valence-corrected chi connectivity index (χ4v) is 5.88. The molecule has 0 fully saturated rings. The van der Waals surface area contributed by atoms with Crippen LogP contribution in [0.15, 0.2) is 57.9 Å². The molecule has 0 unspecified atom stereocenters. The number of rotatable bonds is 3. The summed E-state index contributed by atoms with van der Waals surface area (Å²) in [6.07, 6.45) is 0. The van der Waals surface area contributed by atoms with Crippen LogP contribution in [0.2, 0.25) is 0 Å². The lowest BCUT2D eigenvalue weighted by molar-refractivity contribution is 1.84. The molecule has 0 aromatic carbocycles. The lowest BCUT2D eigenvalue weighted by Crippen LogP contribution is -1.75. The van der Waals surface area contributed by atoms with E-state index >= 15 is 0 Å². The summed E-state index contributed by atoms with van der Waals surface area (Å²) in [5.41, 5.74) is 2.73. The van der Waals surface area contributed by atoms with Gasteiger partial charge in [-0.3, -0.25) is 0 Å². The second-order valence-electron chi connectivity index (χ2n) is 4.28. The highest BCUT2D eigenvalue weighted by Gasteiger charge is 2.16. The highest BCUT2D eigenvalue weighted by Crippen LogP contribution is 2.46. The van der Waals surface area contributed by atoms with Crippen LogP contribution >= 0.6 is 45.3 Å². The van der Waals surface area contributed by atoms with Crippen molar-refractivity contribution in [2.24, 2.45) is 0 Å². The first kappa shape index (κ1) is 12.5. The summed E-state index contributed by atoms with van der Waals surface area (Å²) in [7, 11) is 0. The molecular weight excluding hydrogens is 320 g/mol. The smallest absolute Gasteiger partial charge is 0.0535 e. The summed E-state index contributed by atoms with van der Waals surface area (Å²) >= 11 is 7.30. The van der Waals surface area contributed by atoms with Crippen LogP contribution in [0.25, 0.3) is 30.6 Å². The van der Waals surface area contributed by atoms with Crippen molar-refractivity contribution in [2.45, 2.75) is 0 Å². The average molecular weight is 331 g/mol. The van der Waals surface area contributed by atoms with Gasteiger partial charge in [0.05, 0.1) is 9.75 Å². The van der Waals surface area contributed by atoms with Crippen molar-refractivity contribution < 1.29 is 0 Å². The van der Waals surface area contributed by atoms with E-state index in [0.29, 0.717) is 0 Å². The van der Waals surface area contributed by atoms with Gasteiger partial charge < -0.3 is 0 Å². The van der Waals surface area contributed by atoms with Gasteiger partial charge in [-0.15, -0.1) is 45.3 Å². The van der Waals surface area contributed by atoms with Crippen molar-refractivity contribution in [1.82, 2.24) is 0 Å². The number of hydrogen-bond acceptors (Lipinski definition) is 4. The maximum absolute atomic E-state index is 2.24. The fourth-order valence-electron chi connectivity index (χ4n) is 2.22. The van der Waals surface area contributed by atoms with Crippen molar-refractivity contribution in [3.05, 3.63) is 57.9 Å². The molecule has 4 heteroatoms. The Labute approximate surface area is 133 Å². The molecule has 0 nitrogen and oxygen atoms in total. The van der Waals surface area contributed by atoms with Crippen LogP contribution in [-0.2, 0) is 0 Å². The quantitative estimate of drug-likeness (QED) is 0.382. The third-order valence-electron chi connectivity index (χ3n) is 3.11. The van der Waals surface area contributed by atoms with E-state index in [2.05, 4.69) is 57.9 Å². The van der Waals surface area contributed by atoms with Gasteiger partial charge >= 0.3 is 0 Å². The van der Waals surface area contributed by atoms with Crippen LogP contribution in [0.4, 0.5) is 0 Å². The fraction of sp³-hybridized carbons (Fsp3) is 0. The lowest BCUT2D eigenvalue weighted by atomic mass is 10.1. The average Bonchev–Trinajstić information content (AvgIpc) is 3.23. The van der Waals surface area contributed by atoms with Gasteiger partial charge in [0.1, 0.15) is 0 Å². The summed E-state index contributed by atoms with van der Waals surface area (Å²) in [5.74, 6) is 0. The summed E-state index contributed by atoms with van der Waals surface area (Å²) in [6, 6.07) is 13.1. The van der Waals surface area contributed by atoms with E-state index in [-0.39, 0.29) is 0 Å². The van der Waals surface area contributed by atoms with Crippen LogP contribution in [0.1, 0.15) is 0 Å². The van der Waals surface area contributed by atoms with Gasteiger partial charge in [-0.25, -0.2) is 0 Å². The van der Waals surface area contributed by atoms with Crippen molar-refractivity contribution in [2.75, 3.05) is 0 Å². The van der Waals surface area contributed by atoms with Crippen LogP contribution in [0.5, 0.6) is 0 Å². The molecule has 4 heterocycles. The molecule has 4 rings (SSSR count). The molecule has 4 aromatic rings. The van der Waals surface area contributed by atoms with Gasteiger partial charge in [0.15, 0.2) is 0 Å². The Morgan fingerprint density at radius 3 is 1.40 bits per heavy atom. The van der Waals surface area contributed by atoms with Crippen molar-refractivity contribution in [1.29, 1.82) is 0 Å². The minimum absolute atomic E-state index is 1.35. The highest BCUT2D eigenvalue weighted by molar-refractivity contribution is 7.22. The molecule has 20 heavy (non-hydrogen) atoms. The first-order valence-corrected chi connectivity index (χ1v) is 9.68. The van der Waals surface area contributed by atoms with Gasteiger partial charge in [0.2, 0.25) is 0 Å². The minimum Gasteiger partial charge on any atom is -0.144 e. The van der Waals surface area contributed by atoms with E-state index in [4.69, 9.17) is 0 Å². The van der Waals surface area contributed by atoms with Gasteiger partial charge in [0.25, 0.3) is 0 Å². The Morgan fingerprint density at radius 2 is 1.00 bits per heavy atom. The highest BCUT2D eigenvalue weighted by atomic mass is 32.1. The standard InChI is InChI=1S/C16H10S4/c1-3-13(17-7-1)11-5-9-19-15(11)16-12(6-10-20-16)14-4-2-8-18-14/h1-10H. The second-order valence-corrected chi connectivity index (χ2v) is 8.01. The molecule has 0 aliphatic rings. The molecule has 98 valence electrons. The molecule has 0 atom stereocenters. The monoisotopic (exact) mass is 330 g/mol. The normalized spacial score (nSPS) is 11.0. The zero-order valence-corrected chi connectivity index (χ0v) is 13.7. The van der Waals surface area contributed by atoms with Crippen LogP contribution < -0.4 is 0 Å². The predicted molar refractivity (Wildman–Crippen MR) is 94.3 cm³/mol. The van der Waals surface area contributed by atoms with Gasteiger partial charge in [0, 0.05) is 20.9 Å². The molecule has 0 aliphatic carbocycles. The summed E-state index contributed by atoms with van der Waals surface area (Å²) < 4.78 is 0. The Hall–Kier alpha value is -1.20. The molecule has 0 spiro atoms. The molecule has 0 bridgehead atoms. The van der Waals surface area contributed by atoms with E-state index in [0.717, 1.165) is 0 Å². The van der Waals surface area contributed by atoms with Gasteiger partial charge in [-0.1, -0.05) is 12.1 Å². The Bertz CT molecular complexity index is 730. The topological polar surface area (TPSA) is 0 Å². The maximum Gasteiger partial charge on any atom is 0.0535 e. The number of thiophene rings is 4. The molecular formula is C16H10S4. The summed E-state index contributed by atoms with van der Waals surface area (Å²) in [6.45, 7) is 0. The Morgan fingerprint density at radius 1 is 0.500 bits per heavy atom. The predicted octanol–water partition coefficient (Wildman–Crippen LogP) is 6.93. The van der Waals surface area contributed by atoms with E-state index in [1.165, 1.54) is 30.6 Å². The molecule has 0 amide bonds. The third-order valence-corrected chi connectivity index (χ3v) is 6.91. The van der Waals surface area contributed by atoms with Crippen LogP contribution in [0.3, 0.4) is 0 Å². The van der Waals surface area contributed by atoms with E-state index in [1.54, 1.807) is 0 Å². The molecule has 0 saturated heterocycles.